The molecule has 0 aliphatic carbocycles. The van der Waals surface area contributed by atoms with Gasteiger partial charge in [-0.1, -0.05) is 23.2 Å². The molecular weight excluding hydrogens is 515 g/mol. The van der Waals surface area contributed by atoms with Gasteiger partial charge < -0.3 is 14.2 Å². The lowest BCUT2D eigenvalue weighted by Crippen LogP contribution is -2.54. The average Bonchev–Trinajstić information content (AvgIpc) is 3.16. The predicted molar refractivity (Wildman–Crippen MR) is 144 cm³/mol. The van der Waals surface area contributed by atoms with Crippen LogP contribution in [0.15, 0.2) is 54.1 Å². The molecule has 2 aliphatic heterocycles. The minimum atomic E-state index is -0.873. The van der Waals surface area contributed by atoms with E-state index in [2.05, 4.69) is 26.9 Å². The first-order valence-electron chi connectivity index (χ1n) is 11.7. The molecule has 0 bridgehead atoms. The van der Waals surface area contributed by atoms with E-state index in [1.54, 1.807) is 0 Å². The number of imide groups is 2. The molecule has 0 radical (unpaired) electrons. The Kier molecular flexibility index (Phi) is 6.81. The number of barbiturate groups is 1. The molecule has 8 nitrogen and oxygen atoms in total. The van der Waals surface area contributed by atoms with Crippen molar-refractivity contribution in [2.75, 3.05) is 36.1 Å². The van der Waals surface area contributed by atoms with Crippen LogP contribution in [0.5, 0.6) is 0 Å². The number of halogens is 2. The lowest BCUT2D eigenvalue weighted by molar-refractivity contribution is -0.122. The first kappa shape index (κ1) is 25.1. The highest BCUT2D eigenvalue weighted by molar-refractivity contribution is 6.42. The fourth-order valence-corrected chi connectivity index (χ4v) is 5.15. The molecule has 190 valence electrons. The molecule has 0 atom stereocenters. The van der Waals surface area contributed by atoms with Gasteiger partial charge in [-0.15, -0.1) is 0 Å². The number of aromatic nitrogens is 1. The minimum Gasteiger partial charge on any atom is -0.378 e. The van der Waals surface area contributed by atoms with Crippen molar-refractivity contribution < 1.29 is 19.1 Å². The van der Waals surface area contributed by atoms with Crippen LogP contribution in [-0.4, -0.2) is 48.7 Å². The van der Waals surface area contributed by atoms with Crippen molar-refractivity contribution in [1.29, 1.82) is 0 Å². The van der Waals surface area contributed by atoms with E-state index in [9.17, 15) is 14.4 Å². The fourth-order valence-electron chi connectivity index (χ4n) is 4.66. The summed E-state index contributed by atoms with van der Waals surface area (Å²) >= 11 is 12.2. The molecule has 0 saturated carbocycles. The summed E-state index contributed by atoms with van der Waals surface area (Å²) < 4.78 is 7.49. The highest BCUT2D eigenvalue weighted by Crippen LogP contribution is 2.32. The number of aryl methyl sites for hydroxylation is 1. The van der Waals surface area contributed by atoms with E-state index in [0.717, 1.165) is 54.0 Å². The van der Waals surface area contributed by atoms with Crippen molar-refractivity contribution >= 4 is 58.5 Å². The number of anilines is 2. The monoisotopic (exact) mass is 538 g/mol. The van der Waals surface area contributed by atoms with Crippen LogP contribution in [0, 0.1) is 13.8 Å². The van der Waals surface area contributed by atoms with E-state index in [1.807, 2.05) is 32.0 Å². The second-order valence-electron chi connectivity index (χ2n) is 8.83. The Bertz CT molecular complexity index is 1440. The molecule has 5 rings (SSSR count). The summed E-state index contributed by atoms with van der Waals surface area (Å²) in [6, 6.07) is 13.7. The summed E-state index contributed by atoms with van der Waals surface area (Å²) in [6.45, 7) is 7.02. The highest BCUT2D eigenvalue weighted by Gasteiger charge is 2.38. The smallest absolute Gasteiger partial charge is 0.335 e. The molecule has 3 aromatic rings. The number of urea groups is 1. The number of carbonyl (C=O) groups excluding carboxylic acids is 3. The van der Waals surface area contributed by atoms with E-state index in [1.165, 1.54) is 24.3 Å². The van der Waals surface area contributed by atoms with Crippen LogP contribution in [0.1, 0.15) is 17.0 Å². The molecule has 1 N–H and O–H groups in total. The highest BCUT2D eigenvalue weighted by atomic mass is 35.5. The molecule has 2 aromatic carbocycles. The number of nitrogens with zero attached hydrogens (tertiary/aromatic N) is 3. The standard InChI is InChI=1S/C27H24Cl2N4O4/c1-16-13-18(17(2)32(16)21-6-4-20(5-7-21)31-9-11-37-12-10-31)14-22-25(34)30-27(36)33(26(22)35)24-8-3-19(28)15-23(24)29/h3-8,13-15H,9-12H2,1-2H3,(H,30,34,36)/b22-14+. The molecule has 2 aliphatic rings. The van der Waals surface area contributed by atoms with Gasteiger partial charge >= 0.3 is 6.03 Å². The van der Waals surface area contributed by atoms with Gasteiger partial charge in [-0.25, -0.2) is 9.69 Å². The van der Waals surface area contributed by atoms with Gasteiger partial charge in [-0.3, -0.25) is 14.9 Å². The lowest BCUT2D eigenvalue weighted by Gasteiger charge is -2.29. The van der Waals surface area contributed by atoms with Gasteiger partial charge in [-0.2, -0.15) is 0 Å². The van der Waals surface area contributed by atoms with Gasteiger partial charge in [-0.05, 0) is 74.0 Å². The number of carbonyl (C=O) groups is 3. The Morgan fingerprint density at radius 2 is 1.59 bits per heavy atom. The number of morpholine rings is 1. The second-order valence-corrected chi connectivity index (χ2v) is 9.67. The van der Waals surface area contributed by atoms with Crippen LogP contribution in [0.25, 0.3) is 11.8 Å². The zero-order valence-corrected chi connectivity index (χ0v) is 21.8. The van der Waals surface area contributed by atoms with Crippen LogP contribution in [0.3, 0.4) is 0 Å². The van der Waals surface area contributed by atoms with Crippen LogP contribution >= 0.6 is 23.2 Å². The summed E-state index contributed by atoms with van der Waals surface area (Å²) in [6.07, 6.45) is 1.50. The number of hydrogen-bond donors (Lipinski definition) is 1. The normalized spacial score (nSPS) is 17.5. The zero-order chi connectivity index (χ0) is 26.3. The SMILES string of the molecule is Cc1cc(/C=C2\C(=O)NC(=O)N(c3ccc(Cl)cc3Cl)C2=O)c(C)n1-c1ccc(N2CCOCC2)cc1. The summed E-state index contributed by atoms with van der Waals surface area (Å²) in [5.74, 6) is -1.53. The van der Waals surface area contributed by atoms with Gasteiger partial charge in [0.25, 0.3) is 11.8 Å². The maximum atomic E-state index is 13.3. The van der Waals surface area contributed by atoms with Crippen molar-refractivity contribution in [2.45, 2.75) is 13.8 Å². The molecule has 1 aromatic heterocycles. The Balaban J connectivity index is 1.47. The number of benzene rings is 2. The van der Waals surface area contributed by atoms with E-state index >= 15 is 0 Å². The third-order valence-corrected chi connectivity index (χ3v) is 7.04. The molecule has 4 amide bonds. The summed E-state index contributed by atoms with van der Waals surface area (Å²) in [5, 5.41) is 2.70. The Labute approximate surface area is 224 Å². The number of rotatable bonds is 4. The maximum absolute atomic E-state index is 13.3. The third-order valence-electron chi connectivity index (χ3n) is 6.51. The van der Waals surface area contributed by atoms with Crippen LogP contribution < -0.4 is 15.1 Å². The van der Waals surface area contributed by atoms with Gasteiger partial charge in [0.15, 0.2) is 0 Å². The molecule has 3 heterocycles. The van der Waals surface area contributed by atoms with E-state index < -0.39 is 17.8 Å². The molecule has 0 spiro atoms. The quantitative estimate of drug-likeness (QED) is 0.377. The van der Waals surface area contributed by atoms with Crippen LogP contribution in [0.2, 0.25) is 10.0 Å². The fraction of sp³-hybridized carbons (Fsp3) is 0.222. The zero-order valence-electron chi connectivity index (χ0n) is 20.3. The van der Waals surface area contributed by atoms with E-state index in [-0.39, 0.29) is 16.3 Å². The number of ether oxygens (including phenoxy) is 1. The van der Waals surface area contributed by atoms with Crippen molar-refractivity contribution in [3.8, 4) is 5.69 Å². The van der Waals surface area contributed by atoms with Gasteiger partial charge in [0.05, 0.1) is 23.9 Å². The number of nitrogens with one attached hydrogen (secondary N) is 1. The van der Waals surface area contributed by atoms with Crippen LogP contribution in [0.4, 0.5) is 16.2 Å². The molecular formula is C27H24Cl2N4O4. The minimum absolute atomic E-state index is 0.114. The van der Waals surface area contributed by atoms with Gasteiger partial charge in [0.2, 0.25) is 0 Å². The van der Waals surface area contributed by atoms with Crippen molar-refractivity contribution in [3.05, 3.63) is 81.1 Å². The molecule has 10 heteroatoms. The Hall–Kier alpha value is -3.59. The largest absolute Gasteiger partial charge is 0.378 e. The Morgan fingerprint density at radius 3 is 2.27 bits per heavy atom. The second kappa shape index (κ2) is 10.0. The number of hydrogen-bond acceptors (Lipinski definition) is 5. The predicted octanol–water partition coefficient (Wildman–Crippen LogP) is 4.90. The summed E-state index contributed by atoms with van der Waals surface area (Å²) in [7, 11) is 0. The number of amides is 4. The molecule has 2 fully saturated rings. The van der Waals surface area contributed by atoms with Crippen LogP contribution in [-0.2, 0) is 14.3 Å². The molecule has 0 unspecified atom stereocenters. The van der Waals surface area contributed by atoms with Gasteiger partial charge in [0.1, 0.15) is 5.57 Å². The molecule has 37 heavy (non-hydrogen) atoms. The average molecular weight is 539 g/mol. The van der Waals surface area contributed by atoms with E-state index in [0.29, 0.717) is 10.6 Å². The Morgan fingerprint density at radius 1 is 0.919 bits per heavy atom. The van der Waals surface area contributed by atoms with E-state index in [4.69, 9.17) is 27.9 Å². The van der Waals surface area contributed by atoms with Crippen molar-refractivity contribution in [2.24, 2.45) is 0 Å². The topological polar surface area (TPSA) is 83.9 Å². The third kappa shape index (κ3) is 4.75. The summed E-state index contributed by atoms with van der Waals surface area (Å²) in [4.78, 5) is 41.7. The van der Waals surface area contributed by atoms with Gasteiger partial charge in [0, 0.05) is 40.9 Å². The lowest BCUT2D eigenvalue weighted by atomic mass is 10.1. The first-order chi connectivity index (χ1) is 17.7. The maximum Gasteiger partial charge on any atom is 0.335 e. The van der Waals surface area contributed by atoms with Crippen molar-refractivity contribution in [3.63, 3.8) is 0 Å². The molecule has 2 saturated heterocycles. The first-order valence-corrected chi connectivity index (χ1v) is 12.5. The summed E-state index contributed by atoms with van der Waals surface area (Å²) in [5.41, 5.74) is 4.52. The van der Waals surface area contributed by atoms with Crippen molar-refractivity contribution in [1.82, 2.24) is 9.88 Å².